The van der Waals surface area contributed by atoms with Crippen LogP contribution in [-0.4, -0.2) is 53.0 Å². The van der Waals surface area contributed by atoms with Crippen molar-refractivity contribution >= 4 is 23.5 Å². The second-order valence-electron chi connectivity index (χ2n) is 7.95. The average molecular weight is 377 g/mol. The lowest BCUT2D eigenvalue weighted by atomic mass is 9.78. The minimum Gasteiger partial charge on any atom is -0.481 e. The molecule has 6 heteroatoms. The molecule has 0 radical (unpaired) electrons. The summed E-state index contributed by atoms with van der Waals surface area (Å²) in [5, 5.41) is 10.3. The van der Waals surface area contributed by atoms with Gasteiger partial charge in [0.15, 0.2) is 0 Å². The van der Waals surface area contributed by atoms with E-state index in [0.717, 1.165) is 43.9 Å². The van der Waals surface area contributed by atoms with Gasteiger partial charge in [-0.1, -0.05) is 23.7 Å². The molecule has 1 aromatic carbocycles. The normalized spacial score (nSPS) is 31.3. The number of benzene rings is 1. The van der Waals surface area contributed by atoms with E-state index in [1.54, 1.807) is 0 Å². The Hall–Kier alpha value is -1.59. The minimum atomic E-state index is -0.781. The zero-order chi connectivity index (χ0) is 18.3. The molecule has 0 aromatic heterocycles. The van der Waals surface area contributed by atoms with E-state index < -0.39 is 11.9 Å². The van der Waals surface area contributed by atoms with Crippen LogP contribution in [0.4, 0.5) is 0 Å². The van der Waals surface area contributed by atoms with Crippen molar-refractivity contribution in [2.45, 2.75) is 25.8 Å². The van der Waals surface area contributed by atoms with Crippen LogP contribution < -0.4 is 0 Å². The number of nitrogens with zero attached hydrogens (tertiary/aromatic N) is 2. The zero-order valence-corrected chi connectivity index (χ0v) is 15.6. The summed E-state index contributed by atoms with van der Waals surface area (Å²) < 4.78 is 0. The summed E-state index contributed by atoms with van der Waals surface area (Å²) in [6, 6.07) is 7.87. The summed E-state index contributed by atoms with van der Waals surface area (Å²) in [5.41, 5.74) is 1.22. The van der Waals surface area contributed by atoms with Crippen LogP contribution in [0.15, 0.2) is 24.3 Å². The number of carboxylic acid groups (broad SMARTS) is 1. The Labute approximate surface area is 158 Å². The molecule has 5 nitrogen and oxygen atoms in total. The third-order valence-corrected chi connectivity index (χ3v) is 6.74. The van der Waals surface area contributed by atoms with Gasteiger partial charge in [-0.3, -0.25) is 14.5 Å². The molecule has 0 unspecified atom stereocenters. The lowest BCUT2D eigenvalue weighted by Crippen LogP contribution is -2.52. The van der Waals surface area contributed by atoms with Crippen LogP contribution in [-0.2, 0) is 16.1 Å². The summed E-state index contributed by atoms with van der Waals surface area (Å²) in [7, 11) is 0. The average Bonchev–Trinajstić information content (AvgIpc) is 3.25. The SMILES string of the molecule is O=C(O)[C@@H]1[C@H]2CC[C@@H](C2)[C@@H]1C(=O)N1CCN(Cc2ccc(Cl)cc2)CC1. The maximum Gasteiger partial charge on any atom is 0.307 e. The molecule has 4 rings (SSSR count). The maximum absolute atomic E-state index is 13.0. The van der Waals surface area contributed by atoms with Gasteiger partial charge in [0.25, 0.3) is 0 Å². The number of amides is 1. The van der Waals surface area contributed by atoms with Crippen LogP contribution in [0.25, 0.3) is 0 Å². The van der Waals surface area contributed by atoms with Gasteiger partial charge in [0.2, 0.25) is 5.91 Å². The van der Waals surface area contributed by atoms with Gasteiger partial charge in [0, 0.05) is 37.7 Å². The minimum absolute atomic E-state index is 0.0794. The van der Waals surface area contributed by atoms with Crippen molar-refractivity contribution in [3.63, 3.8) is 0 Å². The Morgan fingerprint density at radius 2 is 1.62 bits per heavy atom. The summed E-state index contributed by atoms with van der Waals surface area (Å²) in [6.07, 6.45) is 2.91. The Morgan fingerprint density at radius 1 is 1.00 bits per heavy atom. The molecular formula is C20H25ClN2O3. The second-order valence-corrected chi connectivity index (χ2v) is 8.39. The number of carbonyl (C=O) groups is 2. The van der Waals surface area contributed by atoms with E-state index in [9.17, 15) is 14.7 Å². The first kappa shape index (κ1) is 17.8. The summed E-state index contributed by atoms with van der Waals surface area (Å²) >= 11 is 5.93. The third kappa shape index (κ3) is 3.35. The zero-order valence-electron chi connectivity index (χ0n) is 14.8. The standard InChI is InChI=1S/C20H25ClN2O3/c21-16-5-1-13(2-6-16)12-22-7-9-23(10-8-22)19(24)17-14-3-4-15(11-14)18(17)20(25)26/h1-2,5-6,14-15,17-18H,3-4,7-12H2,(H,25,26)/t14-,15-,17-,18+/m0/s1. The van der Waals surface area contributed by atoms with Crippen LogP contribution in [0.5, 0.6) is 0 Å². The molecule has 1 N–H and O–H groups in total. The molecule has 3 fully saturated rings. The number of hydrogen-bond acceptors (Lipinski definition) is 3. The maximum atomic E-state index is 13.0. The first-order valence-corrected chi connectivity index (χ1v) is 9.89. The molecule has 1 saturated heterocycles. The van der Waals surface area contributed by atoms with Gasteiger partial charge in [-0.2, -0.15) is 0 Å². The van der Waals surface area contributed by atoms with Crippen LogP contribution in [0.2, 0.25) is 5.02 Å². The molecule has 1 aromatic rings. The van der Waals surface area contributed by atoms with E-state index in [1.807, 2.05) is 29.2 Å². The number of carboxylic acids is 1. The highest BCUT2D eigenvalue weighted by atomic mass is 35.5. The Bertz CT molecular complexity index is 685. The molecule has 1 amide bonds. The highest BCUT2D eigenvalue weighted by Crippen LogP contribution is 2.53. The predicted octanol–water partition coefficient (Wildman–Crippen LogP) is 2.73. The van der Waals surface area contributed by atoms with Gasteiger partial charge in [-0.15, -0.1) is 0 Å². The van der Waals surface area contributed by atoms with Crippen LogP contribution >= 0.6 is 11.6 Å². The van der Waals surface area contributed by atoms with E-state index in [4.69, 9.17) is 11.6 Å². The number of aliphatic carboxylic acids is 1. The fourth-order valence-corrected chi connectivity index (χ4v) is 5.31. The van der Waals surface area contributed by atoms with Crippen molar-refractivity contribution in [3.8, 4) is 0 Å². The van der Waals surface area contributed by atoms with E-state index in [0.29, 0.717) is 13.1 Å². The molecule has 2 aliphatic carbocycles. The highest BCUT2D eigenvalue weighted by molar-refractivity contribution is 6.30. The molecule has 2 bridgehead atoms. The van der Waals surface area contributed by atoms with Crippen molar-refractivity contribution in [2.24, 2.45) is 23.7 Å². The van der Waals surface area contributed by atoms with E-state index in [1.165, 1.54) is 5.56 Å². The number of rotatable bonds is 4. The Kier molecular flexibility index (Phi) is 4.93. The first-order chi connectivity index (χ1) is 12.5. The molecular weight excluding hydrogens is 352 g/mol. The fraction of sp³-hybridized carbons (Fsp3) is 0.600. The third-order valence-electron chi connectivity index (χ3n) is 6.49. The van der Waals surface area contributed by atoms with E-state index in [2.05, 4.69) is 4.90 Å². The highest BCUT2D eigenvalue weighted by Gasteiger charge is 2.54. The van der Waals surface area contributed by atoms with E-state index in [-0.39, 0.29) is 23.7 Å². The molecule has 4 atom stereocenters. The predicted molar refractivity (Wildman–Crippen MR) is 98.8 cm³/mol. The quantitative estimate of drug-likeness (QED) is 0.877. The largest absolute Gasteiger partial charge is 0.481 e. The van der Waals surface area contributed by atoms with E-state index >= 15 is 0 Å². The van der Waals surface area contributed by atoms with Gasteiger partial charge in [-0.05, 0) is 48.8 Å². The van der Waals surface area contributed by atoms with Crippen LogP contribution in [0, 0.1) is 23.7 Å². The van der Waals surface area contributed by atoms with Crippen molar-refractivity contribution in [1.82, 2.24) is 9.80 Å². The van der Waals surface area contributed by atoms with Crippen molar-refractivity contribution in [3.05, 3.63) is 34.9 Å². The second kappa shape index (κ2) is 7.20. The smallest absolute Gasteiger partial charge is 0.307 e. The van der Waals surface area contributed by atoms with Gasteiger partial charge in [0.05, 0.1) is 11.8 Å². The lowest BCUT2D eigenvalue weighted by molar-refractivity contribution is -0.153. The number of carbonyl (C=O) groups excluding carboxylic acids is 1. The van der Waals surface area contributed by atoms with Crippen LogP contribution in [0.3, 0.4) is 0 Å². The molecule has 26 heavy (non-hydrogen) atoms. The van der Waals surface area contributed by atoms with Crippen molar-refractivity contribution in [1.29, 1.82) is 0 Å². The molecule has 3 aliphatic rings. The molecule has 2 saturated carbocycles. The van der Waals surface area contributed by atoms with Crippen molar-refractivity contribution in [2.75, 3.05) is 26.2 Å². The van der Waals surface area contributed by atoms with Gasteiger partial charge < -0.3 is 10.0 Å². The number of piperazine rings is 1. The van der Waals surface area contributed by atoms with Gasteiger partial charge in [0.1, 0.15) is 0 Å². The number of halogens is 1. The van der Waals surface area contributed by atoms with Crippen LogP contribution in [0.1, 0.15) is 24.8 Å². The summed E-state index contributed by atoms with van der Waals surface area (Å²) in [4.78, 5) is 29.0. The number of hydrogen-bond donors (Lipinski definition) is 1. The monoisotopic (exact) mass is 376 g/mol. The Morgan fingerprint density at radius 3 is 2.23 bits per heavy atom. The molecule has 0 spiro atoms. The molecule has 1 aliphatic heterocycles. The topological polar surface area (TPSA) is 60.9 Å². The number of fused-ring (bicyclic) bond motifs is 2. The van der Waals surface area contributed by atoms with Gasteiger partial charge in [-0.25, -0.2) is 0 Å². The molecule has 1 heterocycles. The first-order valence-electron chi connectivity index (χ1n) is 9.51. The molecule has 140 valence electrons. The van der Waals surface area contributed by atoms with Crippen molar-refractivity contribution < 1.29 is 14.7 Å². The Balaban J connectivity index is 1.35. The van der Waals surface area contributed by atoms with Gasteiger partial charge >= 0.3 is 5.97 Å². The fourth-order valence-electron chi connectivity index (χ4n) is 5.19. The summed E-state index contributed by atoms with van der Waals surface area (Å²) in [5.74, 6) is -0.978. The summed E-state index contributed by atoms with van der Waals surface area (Å²) in [6.45, 7) is 3.88. The lowest BCUT2D eigenvalue weighted by Gasteiger charge is -2.38.